The summed E-state index contributed by atoms with van der Waals surface area (Å²) in [4.78, 5) is 35.8. The molecule has 0 aromatic rings. The molecule has 0 aromatic carbocycles. The maximum Gasteiger partial charge on any atom is 0.306 e. The number of ether oxygens (including phenoxy) is 1. The van der Waals surface area contributed by atoms with E-state index in [4.69, 9.17) is 16.3 Å². The largest absolute Gasteiger partial charge is 0.458 e. The number of Topliss-reactive ketones (excluding diaryl/α,β-unsaturated/α-hetero) is 1. The van der Waals surface area contributed by atoms with E-state index >= 15 is 8.78 Å². The van der Waals surface area contributed by atoms with Gasteiger partial charge in [0.05, 0.1) is 4.87 Å². The highest BCUT2D eigenvalue weighted by Crippen LogP contribution is 2.71. The Bertz CT molecular complexity index is 947. The number of fused-ring (bicyclic) bond motifs is 5. The van der Waals surface area contributed by atoms with Crippen LogP contribution < -0.4 is 0 Å². The number of hydrogen-bond acceptors (Lipinski definition) is 4. The minimum atomic E-state index is -1.49. The molecule has 0 aromatic heterocycles. The number of carbonyl (C=O) groups excluding carboxylic acids is 3. The van der Waals surface area contributed by atoms with Gasteiger partial charge < -0.3 is 4.74 Å². The zero-order chi connectivity index (χ0) is 25.1. The summed E-state index contributed by atoms with van der Waals surface area (Å²) in [6, 6.07) is 0. The lowest BCUT2D eigenvalue weighted by Crippen LogP contribution is -2.66. The van der Waals surface area contributed by atoms with Crippen LogP contribution in [0.4, 0.5) is 8.78 Å². The van der Waals surface area contributed by atoms with Crippen LogP contribution in [0.2, 0.25) is 0 Å². The minimum Gasteiger partial charge on any atom is -0.458 e. The molecule has 3 saturated carbocycles. The molecular formula is C27H35ClF2O4. The van der Waals surface area contributed by atoms with Crippen molar-refractivity contribution >= 4 is 29.1 Å². The molecule has 7 heteroatoms. The summed E-state index contributed by atoms with van der Waals surface area (Å²) in [5.74, 6) is -2.09. The van der Waals surface area contributed by atoms with Crippen molar-refractivity contribution in [3.8, 4) is 0 Å². The molecule has 0 saturated heterocycles. The van der Waals surface area contributed by atoms with Gasteiger partial charge in [-0.2, -0.15) is 0 Å². The molecule has 0 bridgehead atoms. The van der Waals surface area contributed by atoms with Gasteiger partial charge in [0.1, 0.15) is 19.0 Å². The number of rotatable bonds is 6. The number of alkyl halides is 3. The average Bonchev–Trinajstić information content (AvgIpc) is 3.03. The van der Waals surface area contributed by atoms with Crippen molar-refractivity contribution in [3.05, 3.63) is 23.8 Å². The van der Waals surface area contributed by atoms with E-state index in [1.807, 2.05) is 20.8 Å². The molecule has 4 rings (SSSR count). The number of ketones is 2. The Kier molecular flexibility index (Phi) is 6.63. The van der Waals surface area contributed by atoms with Gasteiger partial charge in [-0.25, -0.2) is 8.78 Å². The van der Waals surface area contributed by atoms with E-state index in [0.29, 0.717) is 12.8 Å². The number of esters is 1. The Balaban J connectivity index is 1.63. The Morgan fingerprint density at radius 3 is 2.59 bits per heavy atom. The third-order valence-electron chi connectivity index (χ3n) is 9.38. The van der Waals surface area contributed by atoms with Gasteiger partial charge in [-0.15, -0.1) is 11.6 Å². The molecular weight excluding hydrogens is 462 g/mol. The standard InChI is InChI=1S/C27H35ClF2O4/c1-5-6-7-23(33)34-14-21(32)24-15(2)10-17-18-12-20(29)19-11-16(31)8-9-26(19,4)27(18,28)22(30)13-25(17,24)3/h8-9,11,15,17-18,20,22,24H,5-7,10,12-14H2,1-4H3/t15-,17+,18+,20+,22+,24-,25+,26+,27+/m1/s1. The van der Waals surface area contributed by atoms with Crippen LogP contribution in [-0.2, 0) is 19.1 Å². The van der Waals surface area contributed by atoms with Crippen LogP contribution in [-0.4, -0.2) is 41.4 Å². The van der Waals surface area contributed by atoms with Gasteiger partial charge in [-0.3, -0.25) is 14.4 Å². The molecule has 0 amide bonds. The molecule has 0 unspecified atom stereocenters. The third-order valence-corrected chi connectivity index (χ3v) is 10.3. The van der Waals surface area contributed by atoms with Gasteiger partial charge in [0.25, 0.3) is 0 Å². The summed E-state index contributed by atoms with van der Waals surface area (Å²) < 4.78 is 37.0. The lowest BCUT2D eigenvalue weighted by atomic mass is 9.46. The van der Waals surface area contributed by atoms with Crippen molar-refractivity contribution in [2.75, 3.05) is 6.61 Å². The minimum absolute atomic E-state index is 0.0341. The van der Waals surface area contributed by atoms with Gasteiger partial charge in [0.15, 0.2) is 11.6 Å². The van der Waals surface area contributed by atoms with Gasteiger partial charge in [-0.1, -0.05) is 40.2 Å². The Labute approximate surface area is 205 Å². The van der Waals surface area contributed by atoms with Crippen molar-refractivity contribution < 1.29 is 27.9 Å². The maximum atomic E-state index is 16.2. The second kappa shape index (κ2) is 8.83. The van der Waals surface area contributed by atoms with E-state index in [-0.39, 0.29) is 54.8 Å². The van der Waals surface area contributed by atoms with Crippen molar-refractivity contribution in [1.82, 2.24) is 0 Å². The number of allylic oxidation sites excluding steroid dienone is 4. The first-order valence-electron chi connectivity index (χ1n) is 12.5. The Morgan fingerprint density at radius 2 is 1.91 bits per heavy atom. The molecule has 188 valence electrons. The summed E-state index contributed by atoms with van der Waals surface area (Å²) in [5.41, 5.74) is -1.57. The van der Waals surface area contributed by atoms with Crippen molar-refractivity contribution in [1.29, 1.82) is 0 Å². The van der Waals surface area contributed by atoms with E-state index < -0.39 is 45.9 Å². The van der Waals surface area contributed by atoms with Crippen LogP contribution in [0.25, 0.3) is 0 Å². The fourth-order valence-corrected chi connectivity index (χ4v) is 8.32. The van der Waals surface area contributed by atoms with Gasteiger partial charge in [-0.05, 0) is 66.6 Å². The monoisotopic (exact) mass is 496 g/mol. The average molecular weight is 497 g/mol. The Hall–Kier alpha value is -1.56. The molecule has 0 heterocycles. The SMILES string of the molecule is CCCCC(=O)OCC(=O)[C@H]1[C@H](C)C[C@H]2[C@@H]3C[C@H](F)C4=CC(=O)C=C[C@]4(C)[C@@]3(Cl)[C@@H](F)C[C@@]21C. The first-order chi connectivity index (χ1) is 15.9. The molecule has 4 nitrogen and oxygen atoms in total. The molecule has 0 N–H and O–H groups in total. The fraction of sp³-hybridized carbons (Fsp3) is 0.741. The van der Waals surface area contributed by atoms with Crippen molar-refractivity contribution in [2.24, 2.45) is 34.5 Å². The molecule has 34 heavy (non-hydrogen) atoms. The second-order valence-corrected chi connectivity index (χ2v) is 11.9. The smallest absolute Gasteiger partial charge is 0.306 e. The lowest BCUT2D eigenvalue weighted by molar-refractivity contribution is -0.152. The molecule has 9 atom stereocenters. The number of unbranched alkanes of at least 4 members (excludes halogenated alkanes) is 1. The molecule has 4 aliphatic rings. The third kappa shape index (κ3) is 3.61. The highest BCUT2D eigenvalue weighted by Gasteiger charge is 2.72. The quantitative estimate of drug-likeness (QED) is 0.349. The highest BCUT2D eigenvalue weighted by atomic mass is 35.5. The molecule has 3 fully saturated rings. The van der Waals surface area contributed by atoms with Gasteiger partial charge in [0.2, 0.25) is 0 Å². The molecule has 0 aliphatic heterocycles. The van der Waals surface area contributed by atoms with Crippen LogP contribution in [0.5, 0.6) is 0 Å². The Morgan fingerprint density at radius 1 is 1.21 bits per heavy atom. The zero-order valence-electron chi connectivity index (χ0n) is 20.4. The predicted octanol–water partition coefficient (Wildman–Crippen LogP) is 5.72. The van der Waals surface area contributed by atoms with E-state index in [1.165, 1.54) is 12.2 Å². The zero-order valence-corrected chi connectivity index (χ0v) is 21.2. The van der Waals surface area contributed by atoms with Gasteiger partial charge >= 0.3 is 5.97 Å². The number of halogens is 3. The number of hydrogen-bond donors (Lipinski definition) is 0. The summed E-state index contributed by atoms with van der Waals surface area (Å²) >= 11 is 7.21. The van der Waals surface area contributed by atoms with Crippen LogP contribution in [0.3, 0.4) is 0 Å². The van der Waals surface area contributed by atoms with E-state index in [9.17, 15) is 14.4 Å². The van der Waals surface area contributed by atoms with Crippen molar-refractivity contribution in [3.63, 3.8) is 0 Å². The van der Waals surface area contributed by atoms with Crippen LogP contribution in [0, 0.1) is 34.5 Å². The highest BCUT2D eigenvalue weighted by molar-refractivity contribution is 6.26. The lowest BCUT2D eigenvalue weighted by Gasteiger charge is -2.63. The summed E-state index contributed by atoms with van der Waals surface area (Å²) in [6.07, 6.45) is 3.91. The molecule has 4 aliphatic carbocycles. The first kappa shape index (κ1) is 25.5. The normalized spacial score (nSPS) is 45.1. The van der Waals surface area contributed by atoms with E-state index in [2.05, 4.69) is 0 Å². The van der Waals surface area contributed by atoms with Crippen molar-refractivity contribution in [2.45, 2.75) is 83.4 Å². The molecule has 0 spiro atoms. The second-order valence-electron chi connectivity index (χ2n) is 11.3. The van der Waals surface area contributed by atoms with Gasteiger partial charge in [0, 0.05) is 17.8 Å². The number of carbonyl (C=O) groups is 3. The summed E-state index contributed by atoms with van der Waals surface area (Å²) in [6.45, 7) is 7.29. The first-order valence-corrected chi connectivity index (χ1v) is 12.9. The topological polar surface area (TPSA) is 60.4 Å². The fourth-order valence-electron chi connectivity index (χ4n) is 7.83. The maximum absolute atomic E-state index is 16.2. The van der Waals surface area contributed by atoms with Crippen LogP contribution in [0.15, 0.2) is 23.8 Å². The van der Waals surface area contributed by atoms with E-state index in [1.54, 1.807) is 13.0 Å². The summed E-state index contributed by atoms with van der Waals surface area (Å²) in [7, 11) is 0. The predicted molar refractivity (Wildman–Crippen MR) is 126 cm³/mol. The van der Waals surface area contributed by atoms with Crippen LogP contribution in [0.1, 0.15) is 66.2 Å². The van der Waals surface area contributed by atoms with Crippen LogP contribution >= 0.6 is 11.6 Å². The summed E-state index contributed by atoms with van der Waals surface area (Å²) in [5, 5.41) is 0. The van der Waals surface area contributed by atoms with E-state index in [0.717, 1.165) is 6.42 Å². The molecule has 0 radical (unpaired) electrons.